The molecule has 2 rings (SSSR count). The molecule has 0 heterocycles. The number of benzene rings is 2. The zero-order valence-electron chi connectivity index (χ0n) is 11.4. The first-order valence-electron chi connectivity index (χ1n) is 6.21. The Labute approximate surface area is 128 Å². The Morgan fingerprint density at radius 1 is 1.22 bits per heavy atom. The average Bonchev–Trinajstić information content (AvgIpc) is 2.48. The summed E-state index contributed by atoms with van der Waals surface area (Å²) in [7, 11) is 0. The lowest BCUT2D eigenvalue weighted by Gasteiger charge is -2.08. The smallest absolute Gasteiger partial charge is 0.416 e. The molecule has 0 aliphatic carbocycles. The number of hydrogen-bond donors (Lipinski definition) is 2. The van der Waals surface area contributed by atoms with Gasteiger partial charge in [-0.3, -0.25) is 15.5 Å². The Kier molecular flexibility index (Phi) is 4.49. The highest BCUT2D eigenvalue weighted by Crippen LogP contribution is 2.30. The number of phenols is 1. The van der Waals surface area contributed by atoms with E-state index in [0.29, 0.717) is 0 Å². The molecule has 0 aromatic heterocycles. The number of nitrogens with zero attached hydrogens (tertiary/aromatic N) is 2. The molecule has 0 bridgehead atoms. The summed E-state index contributed by atoms with van der Waals surface area (Å²) in [6.45, 7) is 0. The monoisotopic (exact) mass is 325 g/mol. The lowest BCUT2D eigenvalue weighted by Crippen LogP contribution is -2.05. The first-order chi connectivity index (χ1) is 10.8. The molecule has 0 aliphatic heterocycles. The van der Waals surface area contributed by atoms with Crippen LogP contribution >= 0.6 is 0 Å². The molecule has 2 N–H and O–H groups in total. The fourth-order valence-electron chi connectivity index (χ4n) is 1.70. The Morgan fingerprint density at radius 3 is 2.61 bits per heavy atom. The normalized spacial score (nSPS) is 11.6. The lowest BCUT2D eigenvalue weighted by atomic mass is 10.2. The van der Waals surface area contributed by atoms with Crippen LogP contribution in [-0.4, -0.2) is 16.2 Å². The molecule has 0 spiro atoms. The minimum atomic E-state index is -4.47. The number of halogens is 3. The predicted octanol–water partition coefficient (Wildman–Crippen LogP) is 3.77. The number of alkyl halides is 3. The van der Waals surface area contributed by atoms with Gasteiger partial charge in [0, 0.05) is 17.7 Å². The zero-order chi connectivity index (χ0) is 17.0. The highest BCUT2D eigenvalue weighted by molar-refractivity contribution is 5.84. The molecule has 2 aromatic carbocycles. The summed E-state index contributed by atoms with van der Waals surface area (Å²) < 4.78 is 37.7. The molecule has 120 valence electrons. The van der Waals surface area contributed by atoms with E-state index in [1.54, 1.807) is 0 Å². The minimum absolute atomic E-state index is 0.0543. The molecule has 0 saturated carbocycles. The van der Waals surface area contributed by atoms with Crippen molar-refractivity contribution in [3.8, 4) is 5.75 Å². The molecule has 9 heteroatoms. The van der Waals surface area contributed by atoms with Gasteiger partial charge in [0.05, 0.1) is 22.4 Å². The summed E-state index contributed by atoms with van der Waals surface area (Å²) in [6, 6.07) is 7.71. The number of non-ortho nitro benzene ring substituents is 1. The van der Waals surface area contributed by atoms with E-state index >= 15 is 0 Å². The molecule has 0 radical (unpaired) electrons. The number of nitro groups is 1. The van der Waals surface area contributed by atoms with Gasteiger partial charge in [0.2, 0.25) is 0 Å². The van der Waals surface area contributed by atoms with E-state index in [-0.39, 0.29) is 22.7 Å². The first kappa shape index (κ1) is 16.3. The van der Waals surface area contributed by atoms with Gasteiger partial charge >= 0.3 is 6.18 Å². The van der Waals surface area contributed by atoms with E-state index in [2.05, 4.69) is 10.5 Å². The van der Waals surface area contributed by atoms with E-state index < -0.39 is 16.7 Å². The number of phenolic OH excluding ortho intramolecular Hbond substituents is 1. The third-order valence-electron chi connectivity index (χ3n) is 2.81. The van der Waals surface area contributed by atoms with Gasteiger partial charge in [-0.2, -0.15) is 18.3 Å². The van der Waals surface area contributed by atoms with Gasteiger partial charge in [0.1, 0.15) is 5.75 Å². The number of aromatic hydroxyl groups is 1. The third kappa shape index (κ3) is 4.19. The topological polar surface area (TPSA) is 87.8 Å². The maximum absolute atomic E-state index is 12.6. The number of nitrogens with one attached hydrogen (secondary N) is 1. The Bertz CT molecular complexity index is 760. The van der Waals surface area contributed by atoms with E-state index in [9.17, 15) is 28.4 Å². The van der Waals surface area contributed by atoms with Gasteiger partial charge in [-0.15, -0.1) is 0 Å². The Morgan fingerprint density at radius 2 is 1.96 bits per heavy atom. The van der Waals surface area contributed by atoms with Crippen LogP contribution in [0.4, 0.5) is 24.5 Å². The second-order valence-electron chi connectivity index (χ2n) is 4.45. The maximum Gasteiger partial charge on any atom is 0.416 e. The quantitative estimate of drug-likeness (QED) is 0.509. The largest absolute Gasteiger partial charge is 0.507 e. The molecule has 2 aromatic rings. The molecule has 0 fully saturated rings. The van der Waals surface area contributed by atoms with Crippen LogP contribution in [0.5, 0.6) is 5.75 Å². The molecule has 0 aliphatic rings. The zero-order valence-corrected chi connectivity index (χ0v) is 11.4. The fraction of sp³-hybridized carbons (Fsp3) is 0.0714. The molecule has 0 unspecified atom stereocenters. The van der Waals surface area contributed by atoms with Crippen LogP contribution in [0.3, 0.4) is 0 Å². The van der Waals surface area contributed by atoms with Crippen molar-refractivity contribution in [2.45, 2.75) is 6.18 Å². The van der Waals surface area contributed by atoms with Crippen LogP contribution in [0.25, 0.3) is 0 Å². The van der Waals surface area contributed by atoms with Crippen LogP contribution in [0.1, 0.15) is 11.1 Å². The Hall–Kier alpha value is -3.10. The van der Waals surface area contributed by atoms with Crippen LogP contribution in [0, 0.1) is 10.1 Å². The molecule has 0 atom stereocenters. The minimum Gasteiger partial charge on any atom is -0.507 e. The summed E-state index contributed by atoms with van der Waals surface area (Å²) in [5, 5.41) is 23.9. The number of nitro benzene ring substituents is 1. The van der Waals surface area contributed by atoms with E-state index in [0.717, 1.165) is 36.5 Å². The number of rotatable bonds is 4. The van der Waals surface area contributed by atoms with Crippen molar-refractivity contribution in [2.24, 2.45) is 5.10 Å². The average molecular weight is 325 g/mol. The lowest BCUT2D eigenvalue weighted by molar-refractivity contribution is -0.384. The van der Waals surface area contributed by atoms with Crippen molar-refractivity contribution in [1.29, 1.82) is 0 Å². The Balaban J connectivity index is 2.16. The summed E-state index contributed by atoms with van der Waals surface area (Å²) in [4.78, 5) is 10.0. The predicted molar refractivity (Wildman–Crippen MR) is 77.4 cm³/mol. The maximum atomic E-state index is 12.6. The van der Waals surface area contributed by atoms with Crippen LogP contribution in [0.15, 0.2) is 47.6 Å². The van der Waals surface area contributed by atoms with Crippen molar-refractivity contribution >= 4 is 17.6 Å². The second kappa shape index (κ2) is 6.34. The molecule has 23 heavy (non-hydrogen) atoms. The standard InChI is InChI=1S/C14H10F3N3O3/c15-14(16,17)10-2-1-3-11(7-10)19-18-8-9-6-12(20(22)23)4-5-13(9)21/h1-8,19,21H. The highest BCUT2D eigenvalue weighted by Gasteiger charge is 2.30. The van der Waals surface area contributed by atoms with Gasteiger partial charge in [0.25, 0.3) is 5.69 Å². The second-order valence-corrected chi connectivity index (χ2v) is 4.45. The van der Waals surface area contributed by atoms with Crippen LogP contribution in [0.2, 0.25) is 0 Å². The van der Waals surface area contributed by atoms with E-state index in [1.165, 1.54) is 12.1 Å². The number of hydrogen-bond acceptors (Lipinski definition) is 5. The number of anilines is 1. The van der Waals surface area contributed by atoms with Gasteiger partial charge in [-0.1, -0.05) is 6.07 Å². The van der Waals surface area contributed by atoms with Crippen LogP contribution < -0.4 is 5.43 Å². The van der Waals surface area contributed by atoms with E-state index in [1.807, 2.05) is 0 Å². The molecule has 6 nitrogen and oxygen atoms in total. The van der Waals surface area contributed by atoms with Gasteiger partial charge in [0.15, 0.2) is 0 Å². The van der Waals surface area contributed by atoms with Crippen molar-refractivity contribution in [3.63, 3.8) is 0 Å². The van der Waals surface area contributed by atoms with Gasteiger partial charge in [-0.05, 0) is 24.3 Å². The summed E-state index contributed by atoms with van der Waals surface area (Å²) in [6.07, 6.45) is -3.40. The first-order valence-corrected chi connectivity index (χ1v) is 6.21. The number of hydrazone groups is 1. The van der Waals surface area contributed by atoms with Gasteiger partial charge < -0.3 is 5.11 Å². The van der Waals surface area contributed by atoms with Crippen molar-refractivity contribution in [3.05, 3.63) is 63.7 Å². The summed E-state index contributed by atoms with van der Waals surface area (Å²) in [5.74, 6) is -0.245. The van der Waals surface area contributed by atoms with Crippen molar-refractivity contribution in [2.75, 3.05) is 5.43 Å². The summed E-state index contributed by atoms with van der Waals surface area (Å²) >= 11 is 0. The molecular formula is C14H10F3N3O3. The van der Waals surface area contributed by atoms with E-state index in [4.69, 9.17) is 0 Å². The van der Waals surface area contributed by atoms with Crippen molar-refractivity contribution in [1.82, 2.24) is 0 Å². The highest BCUT2D eigenvalue weighted by atomic mass is 19.4. The SMILES string of the molecule is O=[N+]([O-])c1ccc(O)c(C=NNc2cccc(C(F)(F)F)c2)c1. The van der Waals surface area contributed by atoms with Crippen molar-refractivity contribution < 1.29 is 23.2 Å². The molecule has 0 saturated heterocycles. The summed E-state index contributed by atoms with van der Waals surface area (Å²) in [5.41, 5.74) is 1.42. The fourth-order valence-corrected chi connectivity index (χ4v) is 1.70. The van der Waals surface area contributed by atoms with Crippen LogP contribution in [-0.2, 0) is 6.18 Å². The molecule has 0 amide bonds. The van der Waals surface area contributed by atoms with Gasteiger partial charge in [-0.25, -0.2) is 0 Å². The third-order valence-corrected chi connectivity index (χ3v) is 2.81. The molecular weight excluding hydrogens is 315 g/mol.